The molecule has 5 fully saturated rings. The van der Waals surface area contributed by atoms with Crippen molar-refractivity contribution in [2.75, 3.05) is 6.61 Å². The Morgan fingerprint density at radius 2 is 2.14 bits per heavy atom. The van der Waals surface area contributed by atoms with Gasteiger partial charge < -0.3 is 19.7 Å². The van der Waals surface area contributed by atoms with Crippen molar-refractivity contribution in [1.29, 1.82) is 0 Å². The van der Waals surface area contributed by atoms with E-state index in [1.165, 1.54) is 6.08 Å². The van der Waals surface area contributed by atoms with Crippen molar-refractivity contribution in [3.05, 3.63) is 58.9 Å². The second-order valence-electron chi connectivity index (χ2n) is 11.6. The maximum atomic E-state index is 14.0. The number of pyridine rings is 1. The van der Waals surface area contributed by atoms with Crippen LogP contribution in [0.3, 0.4) is 0 Å². The molecule has 2 saturated heterocycles. The lowest BCUT2D eigenvalue weighted by Crippen LogP contribution is -2.83. The number of hydrogen-bond donors (Lipinski definition) is 2. The normalized spacial score (nSPS) is 44.0. The molecule has 8 heteroatoms. The number of carbonyl (C=O) groups is 2. The third-order valence-electron chi connectivity index (χ3n) is 9.67. The molecule has 7 nitrogen and oxygen atoms in total. The van der Waals surface area contributed by atoms with E-state index in [0.717, 1.165) is 6.42 Å². The Kier molecular flexibility index (Phi) is 5.18. The highest BCUT2D eigenvalue weighted by Gasteiger charge is 2.86. The number of ketones is 1. The highest BCUT2D eigenvalue weighted by molar-refractivity contribution is 9.10. The van der Waals surface area contributed by atoms with Crippen molar-refractivity contribution < 1.29 is 29.3 Å². The summed E-state index contributed by atoms with van der Waals surface area (Å²) >= 11 is 3.36. The van der Waals surface area contributed by atoms with E-state index >= 15 is 0 Å². The zero-order valence-electron chi connectivity index (χ0n) is 20.3. The number of esters is 1. The molecule has 0 amide bonds. The summed E-state index contributed by atoms with van der Waals surface area (Å²) in [5, 5.41) is 23.9. The molecule has 4 bridgehead atoms. The molecule has 3 heterocycles. The second kappa shape index (κ2) is 7.69. The van der Waals surface area contributed by atoms with Crippen molar-refractivity contribution in [2.45, 2.75) is 51.1 Å². The molecular weight excluding hydrogens is 526 g/mol. The van der Waals surface area contributed by atoms with E-state index in [0.29, 0.717) is 28.6 Å². The molecule has 2 N–H and O–H groups in total. The van der Waals surface area contributed by atoms with Gasteiger partial charge in [-0.3, -0.25) is 4.79 Å². The molecule has 190 valence electrons. The minimum Gasteiger partial charge on any atom is -0.457 e. The van der Waals surface area contributed by atoms with Crippen molar-refractivity contribution in [3.63, 3.8) is 0 Å². The lowest BCUT2D eigenvalue weighted by Gasteiger charge is -2.72. The Morgan fingerprint density at radius 1 is 1.36 bits per heavy atom. The first-order chi connectivity index (χ1) is 17.0. The predicted octanol–water partition coefficient (Wildman–Crippen LogP) is 3.60. The van der Waals surface area contributed by atoms with Gasteiger partial charge in [0.25, 0.3) is 0 Å². The van der Waals surface area contributed by atoms with Crippen LogP contribution in [-0.2, 0) is 19.1 Å². The fourth-order valence-corrected chi connectivity index (χ4v) is 8.77. The van der Waals surface area contributed by atoms with E-state index in [9.17, 15) is 19.8 Å². The first-order valence-corrected chi connectivity index (χ1v) is 13.2. The number of ether oxygens (including phenoxy) is 2. The quantitative estimate of drug-likeness (QED) is 0.254. The molecule has 0 unspecified atom stereocenters. The summed E-state index contributed by atoms with van der Waals surface area (Å²) in [6, 6.07) is 3.56. The minimum atomic E-state index is -2.18. The van der Waals surface area contributed by atoms with Crippen LogP contribution in [0.4, 0.5) is 0 Å². The van der Waals surface area contributed by atoms with E-state index in [4.69, 9.17) is 9.47 Å². The summed E-state index contributed by atoms with van der Waals surface area (Å²) in [5.41, 5.74) is -1.55. The van der Waals surface area contributed by atoms with Gasteiger partial charge in [-0.15, -0.1) is 0 Å². The minimum absolute atomic E-state index is 0.206. The number of aliphatic hydroxyl groups excluding tert-OH is 1. The van der Waals surface area contributed by atoms with E-state index in [-0.39, 0.29) is 29.6 Å². The van der Waals surface area contributed by atoms with E-state index in [2.05, 4.69) is 53.5 Å². The van der Waals surface area contributed by atoms with Gasteiger partial charge in [0.15, 0.2) is 5.78 Å². The standard InChI is InChI=1S/C28H30BrNO6/c1-15-17-8-9-18-26-12-5-11-25(2,3)20(26)22(33)28(34,35-14-26)27(18,21(15)32)23(17)36-19(31)10-7-16-6-4-13-30-24(16)29/h4-7,10,12-13,17-18,20,22-23,33-34H,1,8-9,11,14H2,2-3H3/b10-7+/t17-,18-,20+,22-,23+,26+,27-,28+/m0/s1. The molecule has 1 aromatic heterocycles. The van der Waals surface area contributed by atoms with Gasteiger partial charge in [0, 0.05) is 35.1 Å². The van der Waals surface area contributed by atoms with Crippen LogP contribution in [0.1, 0.15) is 38.7 Å². The molecule has 7 rings (SSSR count). The van der Waals surface area contributed by atoms with Crippen molar-refractivity contribution in [1.82, 2.24) is 4.98 Å². The number of Topliss-reactive ketones (excluding diaryl/α,β-unsaturated/α-hetero) is 1. The van der Waals surface area contributed by atoms with Crippen LogP contribution in [0.25, 0.3) is 6.08 Å². The van der Waals surface area contributed by atoms with Crippen molar-refractivity contribution >= 4 is 33.8 Å². The van der Waals surface area contributed by atoms with Gasteiger partial charge in [-0.25, -0.2) is 9.78 Å². The summed E-state index contributed by atoms with van der Waals surface area (Å²) in [6.07, 6.45) is 8.42. The highest BCUT2D eigenvalue weighted by Crippen LogP contribution is 2.75. The topological polar surface area (TPSA) is 106 Å². The maximum absolute atomic E-state index is 14.0. The zero-order chi connectivity index (χ0) is 25.7. The van der Waals surface area contributed by atoms with E-state index < -0.39 is 40.7 Å². The third-order valence-corrected chi connectivity index (χ3v) is 10.3. The van der Waals surface area contributed by atoms with Gasteiger partial charge >= 0.3 is 5.97 Å². The summed E-state index contributed by atoms with van der Waals surface area (Å²) in [6.45, 7) is 8.43. The summed E-state index contributed by atoms with van der Waals surface area (Å²) in [4.78, 5) is 31.3. The molecular formula is C28H30BrNO6. The number of rotatable bonds is 3. The molecule has 4 aliphatic carbocycles. The van der Waals surface area contributed by atoms with Crippen LogP contribution >= 0.6 is 15.9 Å². The highest BCUT2D eigenvalue weighted by atomic mass is 79.9. The summed E-state index contributed by atoms with van der Waals surface area (Å²) < 4.78 is 12.7. The van der Waals surface area contributed by atoms with Crippen molar-refractivity contribution in [2.24, 2.45) is 34.0 Å². The van der Waals surface area contributed by atoms with E-state index in [1.807, 2.05) is 0 Å². The lowest BCUT2D eigenvalue weighted by atomic mass is 9.37. The number of nitrogens with zero attached hydrogens (tertiary/aromatic N) is 1. The number of hydrogen-bond acceptors (Lipinski definition) is 7. The van der Waals surface area contributed by atoms with Crippen LogP contribution in [-0.4, -0.2) is 51.6 Å². The summed E-state index contributed by atoms with van der Waals surface area (Å²) in [5.74, 6) is -4.28. The first-order valence-electron chi connectivity index (χ1n) is 12.5. The number of carbonyl (C=O) groups excluding carboxylic acids is 2. The van der Waals surface area contributed by atoms with E-state index in [1.54, 1.807) is 24.4 Å². The Morgan fingerprint density at radius 3 is 2.89 bits per heavy atom. The number of halogens is 1. The number of allylic oxidation sites excluding steroid dienone is 1. The molecule has 0 aromatic carbocycles. The molecule has 3 saturated carbocycles. The zero-order valence-corrected chi connectivity index (χ0v) is 21.9. The molecule has 1 aromatic rings. The van der Waals surface area contributed by atoms with Gasteiger partial charge in [0.05, 0.1) is 6.61 Å². The SMILES string of the molecule is C=C1C(=O)[C@]23[C@H](OC(=O)/C=C/c4cccnc4Br)[C@H]1CC[C@H]2[C@]12C=CCC(C)(C)[C@H]1[C@H](O)[C@@]3(O)OC2. The molecule has 36 heavy (non-hydrogen) atoms. The number of aliphatic hydroxyl groups is 2. The Hall–Kier alpha value is -2.13. The van der Waals surface area contributed by atoms with Gasteiger partial charge in [0.2, 0.25) is 5.79 Å². The van der Waals surface area contributed by atoms with Crippen LogP contribution < -0.4 is 0 Å². The fourth-order valence-electron chi connectivity index (χ4n) is 8.39. The number of fused-ring (bicyclic) bond motifs is 2. The third kappa shape index (κ3) is 2.76. The van der Waals surface area contributed by atoms with Gasteiger partial charge in [-0.1, -0.05) is 38.6 Å². The van der Waals surface area contributed by atoms with Crippen LogP contribution in [0.15, 0.2) is 53.3 Å². The van der Waals surface area contributed by atoms with Gasteiger partial charge in [-0.05, 0) is 64.2 Å². The summed E-state index contributed by atoms with van der Waals surface area (Å²) in [7, 11) is 0. The van der Waals surface area contributed by atoms with Crippen LogP contribution in [0.5, 0.6) is 0 Å². The monoisotopic (exact) mass is 555 g/mol. The maximum Gasteiger partial charge on any atom is 0.331 e. The molecule has 2 aliphatic heterocycles. The smallest absolute Gasteiger partial charge is 0.331 e. The molecule has 8 atom stereocenters. The Labute approximate surface area is 218 Å². The average Bonchev–Trinajstić information content (AvgIpc) is 2.94. The van der Waals surface area contributed by atoms with Crippen molar-refractivity contribution in [3.8, 4) is 0 Å². The Bertz CT molecular complexity index is 1240. The van der Waals surface area contributed by atoms with Gasteiger partial charge in [-0.2, -0.15) is 0 Å². The fraction of sp³-hybridized carbons (Fsp3) is 0.536. The Balaban J connectivity index is 1.44. The first kappa shape index (κ1) is 24.2. The number of aromatic nitrogens is 1. The average molecular weight is 556 g/mol. The van der Waals surface area contributed by atoms with Crippen LogP contribution in [0, 0.1) is 34.0 Å². The molecule has 6 aliphatic rings. The largest absolute Gasteiger partial charge is 0.457 e. The lowest BCUT2D eigenvalue weighted by molar-refractivity contribution is -0.436. The predicted molar refractivity (Wildman–Crippen MR) is 134 cm³/mol. The van der Waals surface area contributed by atoms with Crippen LogP contribution in [0.2, 0.25) is 0 Å². The second-order valence-corrected chi connectivity index (χ2v) is 12.4. The van der Waals surface area contributed by atoms with Gasteiger partial charge in [0.1, 0.15) is 22.2 Å². The molecule has 2 spiro atoms. The molecule has 0 radical (unpaired) electrons.